The van der Waals surface area contributed by atoms with Crippen LogP contribution in [0.15, 0.2) is 29.2 Å². The van der Waals surface area contributed by atoms with Crippen LogP contribution >= 0.6 is 11.8 Å². The summed E-state index contributed by atoms with van der Waals surface area (Å²) >= 11 is 2.07. The van der Waals surface area contributed by atoms with Gasteiger partial charge in [-0.3, -0.25) is 0 Å². The van der Waals surface area contributed by atoms with Gasteiger partial charge >= 0.3 is 0 Å². The zero-order valence-corrected chi connectivity index (χ0v) is 14.4. The molecule has 0 heterocycles. The van der Waals surface area contributed by atoms with Crippen molar-refractivity contribution in [2.45, 2.75) is 81.3 Å². The maximum Gasteiger partial charge on any atom is 0.0340 e. The van der Waals surface area contributed by atoms with Crippen LogP contribution in [0, 0.1) is 0 Å². The molecule has 2 rings (SSSR count). The highest BCUT2D eigenvalue weighted by Crippen LogP contribution is 2.34. The van der Waals surface area contributed by atoms with Gasteiger partial charge in [-0.25, -0.2) is 0 Å². The Morgan fingerprint density at radius 3 is 2.33 bits per heavy atom. The van der Waals surface area contributed by atoms with Crippen LogP contribution in [0.5, 0.6) is 0 Å². The van der Waals surface area contributed by atoms with Crippen LogP contribution in [-0.2, 0) is 0 Å². The van der Waals surface area contributed by atoms with E-state index in [2.05, 4.69) is 48.3 Å². The summed E-state index contributed by atoms with van der Waals surface area (Å²) in [7, 11) is 0. The number of unbranched alkanes of at least 4 members (excludes halogenated alkanes) is 5. The molecule has 1 aromatic rings. The molecule has 0 spiro atoms. The van der Waals surface area contributed by atoms with Crippen molar-refractivity contribution < 1.29 is 0 Å². The number of thioether (sulfide) groups is 1. The van der Waals surface area contributed by atoms with Gasteiger partial charge in [0, 0.05) is 22.4 Å². The van der Waals surface area contributed by atoms with Gasteiger partial charge in [-0.15, -0.1) is 11.8 Å². The predicted molar refractivity (Wildman–Crippen MR) is 96.4 cm³/mol. The topological polar surface area (TPSA) is 12.0 Å². The van der Waals surface area contributed by atoms with Gasteiger partial charge < -0.3 is 5.32 Å². The minimum atomic E-state index is 0.868. The van der Waals surface area contributed by atoms with Gasteiger partial charge in [-0.05, 0) is 43.5 Å². The Bertz CT molecular complexity index is 368. The first-order valence-electron chi connectivity index (χ1n) is 8.89. The Balaban J connectivity index is 1.58. The smallest absolute Gasteiger partial charge is 0.0340 e. The minimum Gasteiger partial charge on any atom is -0.385 e. The number of hydrogen-bond acceptors (Lipinski definition) is 2. The molecule has 1 N–H and O–H groups in total. The van der Waals surface area contributed by atoms with Crippen LogP contribution in [0.2, 0.25) is 0 Å². The molecule has 1 aliphatic rings. The lowest BCUT2D eigenvalue weighted by Gasteiger charge is -2.10. The fourth-order valence-corrected chi connectivity index (χ4v) is 4.24. The molecule has 0 unspecified atom stereocenters. The molecule has 21 heavy (non-hydrogen) atoms. The van der Waals surface area contributed by atoms with Crippen LogP contribution in [0.1, 0.15) is 71.1 Å². The van der Waals surface area contributed by atoms with Crippen molar-refractivity contribution in [1.29, 1.82) is 0 Å². The number of benzene rings is 1. The van der Waals surface area contributed by atoms with Gasteiger partial charge in [0.25, 0.3) is 0 Å². The Hall–Kier alpha value is -0.630. The molecule has 1 fully saturated rings. The van der Waals surface area contributed by atoms with Crippen LogP contribution in [0.25, 0.3) is 0 Å². The lowest BCUT2D eigenvalue weighted by Crippen LogP contribution is -2.01. The van der Waals surface area contributed by atoms with Gasteiger partial charge in [0.1, 0.15) is 0 Å². The van der Waals surface area contributed by atoms with Gasteiger partial charge in [0.2, 0.25) is 0 Å². The molecule has 1 nitrogen and oxygen atoms in total. The average molecular weight is 306 g/mol. The fourth-order valence-electron chi connectivity index (χ4n) is 2.99. The molecule has 0 saturated heterocycles. The summed E-state index contributed by atoms with van der Waals surface area (Å²) in [5.41, 5.74) is 1.28. The normalized spacial score (nSPS) is 15.5. The van der Waals surface area contributed by atoms with Crippen molar-refractivity contribution >= 4 is 17.4 Å². The quantitative estimate of drug-likeness (QED) is 0.495. The van der Waals surface area contributed by atoms with E-state index < -0.39 is 0 Å². The van der Waals surface area contributed by atoms with E-state index in [0.29, 0.717) is 0 Å². The van der Waals surface area contributed by atoms with Crippen molar-refractivity contribution in [3.8, 4) is 0 Å². The third kappa shape index (κ3) is 6.78. The summed E-state index contributed by atoms with van der Waals surface area (Å²) in [5.74, 6) is 0. The first kappa shape index (κ1) is 16.7. The third-order valence-corrected chi connectivity index (χ3v) is 5.67. The largest absolute Gasteiger partial charge is 0.385 e. The fraction of sp³-hybridized carbons (Fsp3) is 0.684. The van der Waals surface area contributed by atoms with E-state index in [9.17, 15) is 0 Å². The zero-order valence-electron chi connectivity index (χ0n) is 13.6. The van der Waals surface area contributed by atoms with Gasteiger partial charge in [-0.1, -0.05) is 51.9 Å². The van der Waals surface area contributed by atoms with Crippen molar-refractivity contribution in [3.05, 3.63) is 24.3 Å². The number of anilines is 1. The average Bonchev–Trinajstić information content (AvgIpc) is 3.01. The molecule has 2 heteroatoms. The molecule has 0 amide bonds. The number of rotatable bonds is 10. The molecular weight excluding hydrogens is 274 g/mol. The molecule has 0 bridgehead atoms. The predicted octanol–water partition coefficient (Wildman–Crippen LogP) is 6.49. The summed E-state index contributed by atoms with van der Waals surface area (Å²) in [5, 5.41) is 4.41. The van der Waals surface area contributed by atoms with Gasteiger partial charge in [-0.2, -0.15) is 0 Å². The first-order chi connectivity index (χ1) is 10.4. The second-order valence-electron chi connectivity index (χ2n) is 6.24. The molecule has 118 valence electrons. The Morgan fingerprint density at radius 1 is 0.952 bits per heavy atom. The maximum atomic E-state index is 3.55. The minimum absolute atomic E-state index is 0.868. The van der Waals surface area contributed by atoms with Crippen molar-refractivity contribution in [2.75, 3.05) is 11.9 Å². The van der Waals surface area contributed by atoms with E-state index in [0.717, 1.165) is 11.8 Å². The first-order valence-corrected chi connectivity index (χ1v) is 9.77. The van der Waals surface area contributed by atoms with Gasteiger partial charge in [0.15, 0.2) is 0 Å². The third-order valence-electron chi connectivity index (χ3n) is 4.32. The highest BCUT2D eigenvalue weighted by Gasteiger charge is 2.15. The van der Waals surface area contributed by atoms with Crippen LogP contribution in [0.3, 0.4) is 0 Å². The molecule has 0 aliphatic heterocycles. The lowest BCUT2D eigenvalue weighted by molar-refractivity contribution is 0.617. The summed E-state index contributed by atoms with van der Waals surface area (Å²) in [6.07, 6.45) is 13.9. The summed E-state index contributed by atoms with van der Waals surface area (Å²) < 4.78 is 0. The zero-order chi connectivity index (χ0) is 14.8. The molecule has 0 radical (unpaired) electrons. The van der Waals surface area contributed by atoms with E-state index >= 15 is 0 Å². The molecule has 1 aliphatic carbocycles. The highest BCUT2D eigenvalue weighted by molar-refractivity contribution is 8.00. The molecule has 1 saturated carbocycles. The van der Waals surface area contributed by atoms with Crippen LogP contribution in [-0.4, -0.2) is 11.8 Å². The van der Waals surface area contributed by atoms with E-state index in [4.69, 9.17) is 0 Å². The summed E-state index contributed by atoms with van der Waals surface area (Å²) in [6.45, 7) is 3.39. The maximum absolute atomic E-state index is 3.55. The Morgan fingerprint density at radius 2 is 1.62 bits per heavy atom. The van der Waals surface area contributed by atoms with E-state index in [1.165, 1.54) is 74.8 Å². The van der Waals surface area contributed by atoms with E-state index in [-0.39, 0.29) is 0 Å². The SMILES string of the molecule is CCCCCCCCNc1ccc(SC2CCCC2)cc1. The van der Waals surface area contributed by atoms with Crippen molar-refractivity contribution in [3.63, 3.8) is 0 Å². The van der Waals surface area contributed by atoms with Crippen LogP contribution < -0.4 is 5.32 Å². The monoisotopic (exact) mass is 305 g/mol. The lowest BCUT2D eigenvalue weighted by atomic mass is 10.1. The Labute approximate surface area is 135 Å². The number of nitrogens with one attached hydrogen (secondary N) is 1. The number of hydrogen-bond donors (Lipinski definition) is 1. The van der Waals surface area contributed by atoms with Crippen LogP contribution in [0.4, 0.5) is 5.69 Å². The molecule has 0 atom stereocenters. The summed E-state index contributed by atoms with van der Waals surface area (Å²) in [6, 6.07) is 9.06. The van der Waals surface area contributed by atoms with Crippen molar-refractivity contribution in [2.24, 2.45) is 0 Å². The Kier molecular flexibility index (Phi) is 8.09. The molecule has 0 aromatic heterocycles. The second-order valence-corrected chi connectivity index (χ2v) is 7.62. The summed E-state index contributed by atoms with van der Waals surface area (Å²) in [4.78, 5) is 1.44. The molecular formula is C19H31NS. The van der Waals surface area contributed by atoms with Gasteiger partial charge in [0.05, 0.1) is 0 Å². The highest BCUT2D eigenvalue weighted by atomic mass is 32.2. The van der Waals surface area contributed by atoms with E-state index in [1.54, 1.807) is 0 Å². The molecule has 1 aromatic carbocycles. The van der Waals surface area contributed by atoms with Crippen molar-refractivity contribution in [1.82, 2.24) is 0 Å². The second kappa shape index (κ2) is 10.2. The van der Waals surface area contributed by atoms with E-state index in [1.807, 2.05) is 0 Å². The standard InChI is InChI=1S/C19H31NS/c1-2-3-4-5-6-9-16-20-17-12-14-19(15-13-17)21-18-10-7-8-11-18/h12-15,18,20H,2-11,16H2,1H3.